The van der Waals surface area contributed by atoms with Crippen molar-refractivity contribution in [3.05, 3.63) is 235 Å². The molecule has 0 aliphatic carbocycles. The molecule has 11 aromatic carbocycles. The molecule has 0 atom stereocenters. The molecule has 13 rings (SSSR count). The Morgan fingerprint density at radius 1 is 0.333 bits per heavy atom. The van der Waals surface area contributed by atoms with E-state index in [1.165, 1.54) is 103 Å². The summed E-state index contributed by atoms with van der Waals surface area (Å²) in [5, 5.41) is 15.0. The first-order valence-corrected chi connectivity index (χ1v) is 22.9. The van der Waals surface area contributed by atoms with Crippen LogP contribution in [0.1, 0.15) is 29.2 Å². The van der Waals surface area contributed by atoms with E-state index in [9.17, 15) is 0 Å². The number of allylic oxidation sites excluding steroid dienone is 1. The molecule has 0 amide bonds. The molecule has 2 aromatic heterocycles. The molecule has 0 fully saturated rings. The van der Waals surface area contributed by atoms with Gasteiger partial charge in [-0.3, -0.25) is 0 Å². The van der Waals surface area contributed by atoms with E-state index in [2.05, 4.69) is 254 Å². The van der Waals surface area contributed by atoms with Crippen molar-refractivity contribution >= 4 is 105 Å². The molecule has 0 saturated heterocycles. The summed E-state index contributed by atoms with van der Waals surface area (Å²) in [5.74, 6) is 0. The number of hydrogen-bond donors (Lipinski definition) is 0. The zero-order valence-corrected chi connectivity index (χ0v) is 36.8. The molecular formula is C64H44N2. The number of nitrogens with zero attached hydrogens (tertiary/aromatic N) is 2. The van der Waals surface area contributed by atoms with Crippen LogP contribution < -0.4 is 0 Å². The largest absolute Gasteiger partial charge is 0.309 e. The van der Waals surface area contributed by atoms with Crippen molar-refractivity contribution in [2.75, 3.05) is 0 Å². The van der Waals surface area contributed by atoms with Crippen LogP contribution in [-0.2, 0) is 0 Å². The fourth-order valence-electron chi connectivity index (χ4n) is 10.7. The average Bonchev–Trinajstić information content (AvgIpc) is 3.88. The topological polar surface area (TPSA) is 9.86 Å². The third kappa shape index (κ3) is 5.96. The van der Waals surface area contributed by atoms with Gasteiger partial charge in [0.15, 0.2) is 0 Å². The normalized spacial score (nSPS) is 12.3. The van der Waals surface area contributed by atoms with Crippen LogP contribution in [-0.4, -0.2) is 9.13 Å². The molecule has 2 heteroatoms. The van der Waals surface area contributed by atoms with Crippen molar-refractivity contribution in [2.45, 2.75) is 13.8 Å². The first-order valence-electron chi connectivity index (χ1n) is 22.9. The summed E-state index contributed by atoms with van der Waals surface area (Å²) in [6.07, 6.45) is 9.08. The maximum Gasteiger partial charge on any atom is 0.0548 e. The maximum absolute atomic E-state index is 2.52. The van der Waals surface area contributed by atoms with E-state index in [-0.39, 0.29) is 0 Å². The van der Waals surface area contributed by atoms with Crippen LogP contribution >= 0.6 is 0 Å². The van der Waals surface area contributed by atoms with Gasteiger partial charge >= 0.3 is 0 Å². The molecule has 0 bridgehead atoms. The van der Waals surface area contributed by atoms with Gasteiger partial charge in [0.05, 0.1) is 33.4 Å². The zero-order chi connectivity index (χ0) is 43.9. The summed E-state index contributed by atoms with van der Waals surface area (Å²) >= 11 is 0. The van der Waals surface area contributed by atoms with Gasteiger partial charge in [0, 0.05) is 32.7 Å². The summed E-state index contributed by atoms with van der Waals surface area (Å²) < 4.78 is 5.04. The molecule has 0 N–H and O–H groups in total. The number of aryl methyl sites for hydroxylation is 1. The Labute approximate surface area is 383 Å². The van der Waals surface area contributed by atoms with E-state index in [1.54, 1.807) is 0 Å². The number of aromatic nitrogens is 2. The molecule has 310 valence electrons. The number of benzene rings is 11. The SMILES string of the molecule is C/C=C/c1cc(-n2c3ccc4ccccc4c3c3c4ccccc4ccc32)c(/C=C/c2ccc(-c3ccc(C)cc3)cc2)cc1-n1c2cc3ccccc3cc2c2c3ccccc3ccc21. The number of rotatable bonds is 6. The van der Waals surface area contributed by atoms with Crippen molar-refractivity contribution in [2.24, 2.45) is 0 Å². The minimum Gasteiger partial charge on any atom is -0.309 e. The van der Waals surface area contributed by atoms with Crippen molar-refractivity contribution in [3.8, 4) is 22.5 Å². The van der Waals surface area contributed by atoms with Crippen LogP contribution in [0.5, 0.6) is 0 Å². The molecule has 66 heavy (non-hydrogen) atoms. The van der Waals surface area contributed by atoms with Gasteiger partial charge in [0.25, 0.3) is 0 Å². The summed E-state index contributed by atoms with van der Waals surface area (Å²) in [5.41, 5.74) is 14.1. The van der Waals surface area contributed by atoms with Crippen molar-refractivity contribution in [1.29, 1.82) is 0 Å². The van der Waals surface area contributed by atoms with Crippen molar-refractivity contribution < 1.29 is 0 Å². The molecule has 0 aliphatic heterocycles. The molecule has 2 nitrogen and oxygen atoms in total. The van der Waals surface area contributed by atoms with Gasteiger partial charge in [-0.2, -0.15) is 0 Å². The Kier molecular flexibility index (Phi) is 8.69. The summed E-state index contributed by atoms with van der Waals surface area (Å²) in [4.78, 5) is 0. The highest BCUT2D eigenvalue weighted by molar-refractivity contribution is 6.29. The molecular weight excluding hydrogens is 797 g/mol. The first kappa shape index (κ1) is 38.0. The summed E-state index contributed by atoms with van der Waals surface area (Å²) in [6.45, 7) is 4.26. The first-order chi connectivity index (χ1) is 32.6. The number of hydrogen-bond acceptors (Lipinski definition) is 0. The average molecular weight is 841 g/mol. The lowest BCUT2D eigenvalue weighted by atomic mass is 10.00. The second-order valence-corrected chi connectivity index (χ2v) is 17.7. The molecule has 2 heterocycles. The monoisotopic (exact) mass is 840 g/mol. The highest BCUT2D eigenvalue weighted by Crippen LogP contribution is 2.44. The molecule has 0 radical (unpaired) electrons. The fourth-order valence-corrected chi connectivity index (χ4v) is 10.7. The third-order valence-electron chi connectivity index (χ3n) is 13.8. The standard InChI is InChI=1S/C64H44N2/c1-3-12-50-39-60(65-57-35-32-46-14-7-10-19-53(46)63(57)64-54-20-11-8-15-47(54)33-36-58(64)65)51(30-25-42-23-28-44(29-24-42)43-26-21-41(2)22-27-43)40-59(50)66-56-34-31-45-13-6-9-18-52(45)62(56)55-37-48-16-4-5-17-49(48)38-61(55)66/h3-40H,1-2H3/b12-3+,30-25+. The quantitative estimate of drug-likeness (QED) is 0.148. The molecule has 0 unspecified atom stereocenters. The lowest BCUT2D eigenvalue weighted by molar-refractivity contribution is 1.13. The minimum absolute atomic E-state index is 1.12. The van der Waals surface area contributed by atoms with E-state index >= 15 is 0 Å². The van der Waals surface area contributed by atoms with Gasteiger partial charge in [-0.05, 0) is 116 Å². The lowest BCUT2D eigenvalue weighted by Crippen LogP contribution is -2.03. The van der Waals surface area contributed by atoms with Crippen LogP contribution in [0.4, 0.5) is 0 Å². The molecule has 0 saturated carbocycles. The number of fused-ring (bicyclic) bond motifs is 13. The fraction of sp³-hybridized carbons (Fsp3) is 0.0312. The highest BCUT2D eigenvalue weighted by atomic mass is 15.0. The molecule has 0 spiro atoms. The van der Waals surface area contributed by atoms with Gasteiger partial charge in [-0.1, -0.05) is 194 Å². The van der Waals surface area contributed by atoms with E-state index in [1.807, 2.05) is 0 Å². The van der Waals surface area contributed by atoms with Gasteiger partial charge in [0.2, 0.25) is 0 Å². The van der Waals surface area contributed by atoms with Crippen LogP contribution in [0.3, 0.4) is 0 Å². The predicted molar refractivity (Wildman–Crippen MR) is 285 cm³/mol. The Morgan fingerprint density at radius 2 is 0.773 bits per heavy atom. The smallest absolute Gasteiger partial charge is 0.0548 e. The lowest BCUT2D eigenvalue weighted by Gasteiger charge is -2.19. The Hall–Kier alpha value is -8.46. The Morgan fingerprint density at radius 3 is 1.32 bits per heavy atom. The third-order valence-corrected chi connectivity index (χ3v) is 13.8. The van der Waals surface area contributed by atoms with Gasteiger partial charge in [-0.15, -0.1) is 0 Å². The van der Waals surface area contributed by atoms with Gasteiger partial charge in [0.1, 0.15) is 0 Å². The Balaban J connectivity index is 1.13. The summed E-state index contributed by atoms with van der Waals surface area (Å²) in [6, 6.07) is 76.5. The van der Waals surface area contributed by atoms with E-state index in [4.69, 9.17) is 0 Å². The Bertz CT molecular complexity index is 4060. The van der Waals surface area contributed by atoms with Crippen LogP contribution in [0.15, 0.2) is 212 Å². The van der Waals surface area contributed by atoms with E-state index in [0.29, 0.717) is 0 Å². The minimum atomic E-state index is 1.12. The second kappa shape index (κ2) is 15.1. The van der Waals surface area contributed by atoms with Crippen molar-refractivity contribution in [3.63, 3.8) is 0 Å². The second-order valence-electron chi connectivity index (χ2n) is 17.7. The van der Waals surface area contributed by atoms with E-state index < -0.39 is 0 Å². The van der Waals surface area contributed by atoms with E-state index in [0.717, 1.165) is 28.1 Å². The van der Waals surface area contributed by atoms with Gasteiger partial charge in [-0.25, -0.2) is 0 Å². The molecule has 0 aliphatic rings. The van der Waals surface area contributed by atoms with Crippen LogP contribution in [0.2, 0.25) is 0 Å². The predicted octanol–water partition coefficient (Wildman–Crippen LogP) is 17.7. The van der Waals surface area contributed by atoms with Crippen LogP contribution in [0.25, 0.3) is 127 Å². The zero-order valence-electron chi connectivity index (χ0n) is 36.8. The van der Waals surface area contributed by atoms with Gasteiger partial charge < -0.3 is 9.13 Å². The van der Waals surface area contributed by atoms with Crippen molar-refractivity contribution in [1.82, 2.24) is 9.13 Å². The molecule has 13 aromatic rings. The maximum atomic E-state index is 2.52. The highest BCUT2D eigenvalue weighted by Gasteiger charge is 2.22. The van der Waals surface area contributed by atoms with Crippen LogP contribution in [0, 0.1) is 6.92 Å². The summed E-state index contributed by atoms with van der Waals surface area (Å²) in [7, 11) is 0.